The lowest BCUT2D eigenvalue weighted by Gasteiger charge is -2.11. The number of amides is 1. The molecule has 0 saturated carbocycles. The molecule has 0 radical (unpaired) electrons. The molecule has 98 valence electrons. The highest BCUT2D eigenvalue weighted by molar-refractivity contribution is 5.94. The Morgan fingerprint density at radius 3 is 2.68 bits per heavy atom. The van der Waals surface area contributed by atoms with Gasteiger partial charge in [-0.25, -0.2) is 0 Å². The largest absolute Gasteiger partial charge is 0.508 e. The van der Waals surface area contributed by atoms with Crippen molar-refractivity contribution in [1.82, 2.24) is 0 Å². The van der Waals surface area contributed by atoms with Crippen LogP contribution in [0.2, 0.25) is 0 Å². The first-order valence-corrected chi connectivity index (χ1v) is 5.88. The van der Waals surface area contributed by atoms with E-state index in [1.54, 1.807) is 43.3 Å². The summed E-state index contributed by atoms with van der Waals surface area (Å²) in [5.41, 5.74) is 7.13. The highest BCUT2D eigenvalue weighted by Gasteiger charge is 2.09. The Bertz CT molecular complexity index is 608. The Kier molecular flexibility index (Phi) is 3.71. The van der Waals surface area contributed by atoms with Crippen molar-refractivity contribution in [2.24, 2.45) is 5.73 Å². The average Bonchev–Trinajstić information content (AvgIpc) is 2.40. The van der Waals surface area contributed by atoms with Gasteiger partial charge in [0.25, 0.3) is 0 Å². The minimum Gasteiger partial charge on any atom is -0.508 e. The molecule has 0 heterocycles. The average molecular weight is 257 g/mol. The first kappa shape index (κ1) is 13.0. The fraction of sp³-hybridized carbons (Fsp3) is 0.133. The first-order valence-electron chi connectivity index (χ1n) is 5.88. The van der Waals surface area contributed by atoms with Crippen molar-refractivity contribution >= 4 is 5.91 Å². The molecule has 0 aliphatic heterocycles. The molecular weight excluding hydrogens is 242 g/mol. The molecule has 4 heteroatoms. The molecule has 0 aliphatic rings. The number of nitrogens with two attached hydrogens (primary N) is 1. The van der Waals surface area contributed by atoms with Gasteiger partial charge in [0.1, 0.15) is 18.1 Å². The van der Waals surface area contributed by atoms with Crippen molar-refractivity contribution in [3.8, 4) is 11.5 Å². The van der Waals surface area contributed by atoms with Crippen molar-refractivity contribution in [3.63, 3.8) is 0 Å². The van der Waals surface area contributed by atoms with E-state index >= 15 is 0 Å². The zero-order valence-corrected chi connectivity index (χ0v) is 10.6. The number of hydrogen-bond acceptors (Lipinski definition) is 3. The van der Waals surface area contributed by atoms with E-state index in [9.17, 15) is 9.90 Å². The van der Waals surface area contributed by atoms with Crippen LogP contribution in [0.3, 0.4) is 0 Å². The third-order valence-corrected chi connectivity index (χ3v) is 2.92. The second-order valence-corrected chi connectivity index (χ2v) is 4.21. The van der Waals surface area contributed by atoms with Gasteiger partial charge in [-0.05, 0) is 25.1 Å². The fourth-order valence-electron chi connectivity index (χ4n) is 1.80. The number of phenolic OH excluding ortho intramolecular Hbond substituents is 1. The second-order valence-electron chi connectivity index (χ2n) is 4.21. The molecule has 0 fully saturated rings. The summed E-state index contributed by atoms with van der Waals surface area (Å²) in [7, 11) is 0. The van der Waals surface area contributed by atoms with E-state index in [2.05, 4.69) is 0 Å². The molecule has 4 nitrogen and oxygen atoms in total. The zero-order valence-electron chi connectivity index (χ0n) is 10.6. The van der Waals surface area contributed by atoms with Crippen LogP contribution in [-0.4, -0.2) is 11.0 Å². The van der Waals surface area contributed by atoms with Crippen LogP contribution in [-0.2, 0) is 6.61 Å². The summed E-state index contributed by atoms with van der Waals surface area (Å²) in [5.74, 6) is 0.284. The van der Waals surface area contributed by atoms with Gasteiger partial charge in [-0.3, -0.25) is 4.79 Å². The highest BCUT2D eigenvalue weighted by Crippen LogP contribution is 2.26. The van der Waals surface area contributed by atoms with Crippen molar-refractivity contribution in [1.29, 1.82) is 0 Å². The molecule has 0 saturated heterocycles. The molecule has 0 bridgehead atoms. The standard InChI is InChI=1S/C15H15NO3/c1-10-13(17)7-4-8-14(10)19-9-11-5-2-3-6-12(11)15(16)18/h2-8,17H,9H2,1H3,(H2,16,18). The van der Waals surface area contributed by atoms with Crippen molar-refractivity contribution in [2.75, 3.05) is 0 Å². The van der Waals surface area contributed by atoms with E-state index in [4.69, 9.17) is 10.5 Å². The van der Waals surface area contributed by atoms with Crippen LogP contribution in [0, 0.1) is 6.92 Å². The molecule has 0 spiro atoms. The number of primary amides is 1. The smallest absolute Gasteiger partial charge is 0.249 e. The van der Waals surface area contributed by atoms with Gasteiger partial charge >= 0.3 is 0 Å². The van der Waals surface area contributed by atoms with Gasteiger partial charge in [0.15, 0.2) is 0 Å². The summed E-state index contributed by atoms with van der Waals surface area (Å²) in [6, 6.07) is 12.1. The third kappa shape index (κ3) is 2.85. The first-order chi connectivity index (χ1) is 9.09. The molecule has 0 atom stereocenters. The number of phenols is 1. The molecular formula is C15H15NO3. The molecule has 0 aliphatic carbocycles. The maximum atomic E-state index is 11.3. The predicted octanol–water partition coefficient (Wildman–Crippen LogP) is 2.38. The maximum Gasteiger partial charge on any atom is 0.249 e. The fourth-order valence-corrected chi connectivity index (χ4v) is 1.80. The number of carbonyl (C=O) groups is 1. The van der Waals surface area contributed by atoms with Gasteiger partial charge < -0.3 is 15.6 Å². The zero-order chi connectivity index (χ0) is 13.8. The lowest BCUT2D eigenvalue weighted by atomic mass is 10.1. The molecule has 0 unspecified atom stereocenters. The van der Waals surface area contributed by atoms with Crippen LogP contribution in [0.5, 0.6) is 11.5 Å². The monoisotopic (exact) mass is 257 g/mol. The normalized spacial score (nSPS) is 10.2. The van der Waals surface area contributed by atoms with Crippen molar-refractivity contribution in [3.05, 3.63) is 59.2 Å². The lowest BCUT2D eigenvalue weighted by Crippen LogP contribution is -2.14. The number of carbonyl (C=O) groups excluding carboxylic acids is 1. The van der Waals surface area contributed by atoms with Crippen molar-refractivity contribution in [2.45, 2.75) is 13.5 Å². The third-order valence-electron chi connectivity index (χ3n) is 2.92. The lowest BCUT2D eigenvalue weighted by molar-refractivity contribution is 0.0998. The topological polar surface area (TPSA) is 72.6 Å². The summed E-state index contributed by atoms with van der Waals surface area (Å²) in [6.45, 7) is 1.99. The van der Waals surface area contributed by atoms with Gasteiger partial charge in [-0.1, -0.05) is 24.3 Å². The summed E-state index contributed by atoms with van der Waals surface area (Å²) in [4.78, 5) is 11.3. The SMILES string of the molecule is Cc1c(O)cccc1OCc1ccccc1C(N)=O. The van der Waals surface area contributed by atoms with Crippen molar-refractivity contribution < 1.29 is 14.6 Å². The van der Waals surface area contributed by atoms with Crippen LogP contribution in [0.4, 0.5) is 0 Å². The molecule has 0 aromatic heterocycles. The summed E-state index contributed by atoms with van der Waals surface area (Å²) in [6.07, 6.45) is 0. The predicted molar refractivity (Wildman–Crippen MR) is 72.1 cm³/mol. The van der Waals surface area contributed by atoms with Gasteiger partial charge in [-0.15, -0.1) is 0 Å². The Morgan fingerprint density at radius 1 is 1.21 bits per heavy atom. The Balaban J connectivity index is 2.19. The number of aromatic hydroxyl groups is 1. The highest BCUT2D eigenvalue weighted by atomic mass is 16.5. The number of rotatable bonds is 4. The Hall–Kier alpha value is -2.49. The van der Waals surface area contributed by atoms with Crippen LogP contribution < -0.4 is 10.5 Å². The molecule has 2 rings (SSSR count). The molecule has 1 amide bonds. The van der Waals surface area contributed by atoms with E-state index in [1.165, 1.54) is 0 Å². The summed E-state index contributed by atoms with van der Waals surface area (Å²) >= 11 is 0. The minimum atomic E-state index is -0.480. The number of hydrogen-bond donors (Lipinski definition) is 2. The number of benzene rings is 2. The van der Waals surface area contributed by atoms with Crippen LogP contribution in [0.15, 0.2) is 42.5 Å². The van der Waals surface area contributed by atoms with Gasteiger partial charge in [-0.2, -0.15) is 0 Å². The van der Waals surface area contributed by atoms with E-state index in [0.29, 0.717) is 16.9 Å². The molecule has 19 heavy (non-hydrogen) atoms. The minimum absolute atomic E-state index is 0.181. The van der Waals surface area contributed by atoms with E-state index in [1.807, 2.05) is 6.07 Å². The second kappa shape index (κ2) is 5.44. The molecule has 2 aromatic rings. The molecule has 2 aromatic carbocycles. The van der Waals surface area contributed by atoms with Gasteiger partial charge in [0, 0.05) is 16.7 Å². The Labute approximate surface area is 111 Å². The van der Waals surface area contributed by atoms with E-state index in [-0.39, 0.29) is 12.4 Å². The van der Waals surface area contributed by atoms with Crippen LogP contribution >= 0.6 is 0 Å². The van der Waals surface area contributed by atoms with Crippen LogP contribution in [0.25, 0.3) is 0 Å². The molecule has 3 N–H and O–H groups in total. The van der Waals surface area contributed by atoms with E-state index in [0.717, 1.165) is 5.56 Å². The number of ether oxygens (including phenoxy) is 1. The maximum absolute atomic E-state index is 11.3. The van der Waals surface area contributed by atoms with Crippen LogP contribution in [0.1, 0.15) is 21.5 Å². The van der Waals surface area contributed by atoms with Gasteiger partial charge in [0.2, 0.25) is 5.91 Å². The Morgan fingerprint density at radius 2 is 1.95 bits per heavy atom. The summed E-state index contributed by atoms with van der Waals surface area (Å²) < 4.78 is 5.63. The summed E-state index contributed by atoms with van der Waals surface area (Å²) in [5, 5.41) is 9.59. The van der Waals surface area contributed by atoms with Gasteiger partial charge in [0.05, 0.1) is 0 Å². The van der Waals surface area contributed by atoms with E-state index < -0.39 is 5.91 Å². The quantitative estimate of drug-likeness (QED) is 0.883.